The lowest BCUT2D eigenvalue weighted by molar-refractivity contribution is 0.0918. The summed E-state index contributed by atoms with van der Waals surface area (Å²) in [5.74, 6) is 1.68. The van der Waals surface area contributed by atoms with Crippen molar-refractivity contribution in [2.45, 2.75) is 26.7 Å². The van der Waals surface area contributed by atoms with Crippen molar-refractivity contribution in [1.29, 1.82) is 0 Å². The van der Waals surface area contributed by atoms with Crippen LogP contribution in [0.2, 0.25) is 0 Å². The Kier molecular flexibility index (Phi) is 5.50. The third-order valence-corrected chi connectivity index (χ3v) is 3.69. The van der Waals surface area contributed by atoms with Crippen LogP contribution in [-0.2, 0) is 5.88 Å². The van der Waals surface area contributed by atoms with Crippen molar-refractivity contribution in [1.82, 2.24) is 5.32 Å². The van der Waals surface area contributed by atoms with E-state index in [1.807, 2.05) is 19.9 Å². The lowest BCUT2D eigenvalue weighted by Gasteiger charge is -2.12. The number of hydrogen-bond acceptors (Lipinski definition) is 3. The zero-order valence-corrected chi connectivity index (χ0v) is 13.8. The number of aryl methyl sites for hydroxylation is 2. The second-order valence-corrected chi connectivity index (χ2v) is 5.48. The molecule has 4 nitrogen and oxygen atoms in total. The summed E-state index contributed by atoms with van der Waals surface area (Å²) in [4.78, 5) is 11.9. The lowest BCUT2D eigenvalue weighted by atomic mass is 10.1. The first-order valence-electron chi connectivity index (χ1n) is 7.14. The van der Waals surface area contributed by atoms with Crippen LogP contribution in [0.3, 0.4) is 0 Å². The Morgan fingerprint density at radius 1 is 1.27 bits per heavy atom. The van der Waals surface area contributed by atoms with Crippen molar-refractivity contribution in [3.63, 3.8) is 0 Å². The smallest absolute Gasteiger partial charge is 0.287 e. The lowest BCUT2D eigenvalue weighted by Crippen LogP contribution is -2.27. The van der Waals surface area contributed by atoms with Crippen LogP contribution in [0.4, 0.5) is 0 Å². The number of hydrogen-bond donors (Lipinski definition) is 1. The predicted molar refractivity (Wildman–Crippen MR) is 86.7 cm³/mol. The van der Waals surface area contributed by atoms with Gasteiger partial charge >= 0.3 is 0 Å². The average Bonchev–Trinajstić information content (AvgIpc) is 2.97. The summed E-state index contributed by atoms with van der Waals surface area (Å²) in [6, 6.07) is 7.43. The Balaban J connectivity index is 1.83. The van der Waals surface area contributed by atoms with E-state index in [2.05, 4.69) is 18.3 Å². The van der Waals surface area contributed by atoms with Gasteiger partial charge in [0.15, 0.2) is 5.76 Å². The summed E-state index contributed by atoms with van der Waals surface area (Å²) >= 11 is 5.63. The van der Waals surface area contributed by atoms with Crippen LogP contribution in [0.1, 0.15) is 33.0 Å². The van der Waals surface area contributed by atoms with E-state index in [0.29, 0.717) is 18.9 Å². The van der Waals surface area contributed by atoms with E-state index >= 15 is 0 Å². The molecule has 2 aromatic rings. The number of furan rings is 1. The maximum absolute atomic E-state index is 11.9. The van der Waals surface area contributed by atoms with E-state index < -0.39 is 0 Å². The molecule has 1 heterocycles. The first kappa shape index (κ1) is 16.4. The molecule has 0 saturated heterocycles. The van der Waals surface area contributed by atoms with Gasteiger partial charge in [-0.1, -0.05) is 6.07 Å². The minimum atomic E-state index is -0.267. The molecule has 118 valence electrons. The summed E-state index contributed by atoms with van der Waals surface area (Å²) in [6.07, 6.45) is 0. The molecule has 0 unspecified atom stereocenters. The molecular formula is C17H20ClNO3. The van der Waals surface area contributed by atoms with Gasteiger partial charge in [0.25, 0.3) is 5.91 Å². The molecule has 0 atom stereocenters. The van der Waals surface area contributed by atoms with Gasteiger partial charge in [-0.2, -0.15) is 0 Å². The summed E-state index contributed by atoms with van der Waals surface area (Å²) in [5, 5.41) is 2.75. The normalized spacial score (nSPS) is 10.5. The summed E-state index contributed by atoms with van der Waals surface area (Å²) in [7, 11) is 0. The Hall–Kier alpha value is -1.94. The van der Waals surface area contributed by atoms with Crippen molar-refractivity contribution >= 4 is 17.5 Å². The number of amides is 1. The highest BCUT2D eigenvalue weighted by atomic mass is 35.5. The summed E-state index contributed by atoms with van der Waals surface area (Å²) in [6.45, 7) is 6.93. The second kappa shape index (κ2) is 7.36. The standard InChI is InChI=1S/C17H20ClNO3/c1-11-8-12(2)13(3)16(9-11)21-7-6-19-17(20)15-5-4-14(10-18)22-15/h4-5,8-9H,6-7,10H2,1-3H3,(H,19,20). The summed E-state index contributed by atoms with van der Waals surface area (Å²) in [5.41, 5.74) is 3.48. The van der Waals surface area contributed by atoms with Crippen LogP contribution < -0.4 is 10.1 Å². The zero-order chi connectivity index (χ0) is 16.1. The van der Waals surface area contributed by atoms with E-state index in [1.165, 1.54) is 5.56 Å². The van der Waals surface area contributed by atoms with Gasteiger partial charge < -0.3 is 14.5 Å². The maximum Gasteiger partial charge on any atom is 0.287 e. The van der Waals surface area contributed by atoms with E-state index in [-0.39, 0.29) is 17.5 Å². The van der Waals surface area contributed by atoms with Crippen molar-refractivity contribution in [2.24, 2.45) is 0 Å². The van der Waals surface area contributed by atoms with Gasteiger partial charge in [-0.3, -0.25) is 4.79 Å². The van der Waals surface area contributed by atoms with Crippen LogP contribution in [-0.4, -0.2) is 19.1 Å². The Bertz CT molecular complexity index is 664. The molecule has 1 aromatic carbocycles. The first-order chi connectivity index (χ1) is 10.5. The molecule has 5 heteroatoms. The predicted octanol–water partition coefficient (Wildman–Crippen LogP) is 3.75. The van der Waals surface area contributed by atoms with Gasteiger partial charge in [-0.15, -0.1) is 11.6 Å². The molecule has 0 aliphatic carbocycles. The Morgan fingerprint density at radius 3 is 2.73 bits per heavy atom. The number of alkyl halides is 1. The monoisotopic (exact) mass is 321 g/mol. The highest BCUT2D eigenvalue weighted by molar-refractivity contribution is 6.16. The second-order valence-electron chi connectivity index (χ2n) is 5.21. The molecule has 1 N–H and O–H groups in total. The molecule has 2 rings (SSSR count). The summed E-state index contributed by atoms with van der Waals surface area (Å²) < 4.78 is 11.0. The molecule has 0 saturated carbocycles. The van der Waals surface area contributed by atoms with Gasteiger partial charge in [0.2, 0.25) is 0 Å². The third kappa shape index (κ3) is 4.04. The largest absolute Gasteiger partial charge is 0.491 e. The number of ether oxygens (including phenoxy) is 1. The van der Waals surface area contributed by atoms with Gasteiger partial charge in [-0.25, -0.2) is 0 Å². The van der Waals surface area contributed by atoms with Crippen molar-refractivity contribution in [3.05, 3.63) is 52.5 Å². The first-order valence-corrected chi connectivity index (χ1v) is 7.68. The molecule has 22 heavy (non-hydrogen) atoms. The SMILES string of the molecule is Cc1cc(C)c(C)c(OCCNC(=O)c2ccc(CCl)o2)c1. The van der Waals surface area contributed by atoms with Crippen LogP contribution in [0.15, 0.2) is 28.7 Å². The molecule has 1 amide bonds. The zero-order valence-electron chi connectivity index (χ0n) is 13.0. The fourth-order valence-electron chi connectivity index (χ4n) is 2.14. The van der Waals surface area contributed by atoms with Gasteiger partial charge in [0.05, 0.1) is 12.4 Å². The number of carbonyl (C=O) groups is 1. The number of nitrogens with one attached hydrogen (secondary N) is 1. The van der Waals surface area contributed by atoms with Crippen LogP contribution >= 0.6 is 11.6 Å². The highest BCUT2D eigenvalue weighted by Gasteiger charge is 2.10. The van der Waals surface area contributed by atoms with Crippen molar-refractivity contribution in [2.75, 3.05) is 13.2 Å². The fourth-order valence-corrected chi connectivity index (χ4v) is 2.28. The maximum atomic E-state index is 11.9. The van der Waals surface area contributed by atoms with Crippen molar-refractivity contribution < 1.29 is 13.9 Å². The number of rotatable bonds is 6. The Morgan fingerprint density at radius 2 is 2.05 bits per heavy atom. The van der Waals surface area contributed by atoms with Crippen LogP contribution in [0, 0.1) is 20.8 Å². The number of halogens is 1. The van der Waals surface area contributed by atoms with E-state index in [0.717, 1.165) is 16.9 Å². The van der Waals surface area contributed by atoms with E-state index in [9.17, 15) is 4.79 Å². The van der Waals surface area contributed by atoms with Gasteiger partial charge in [-0.05, 0) is 55.7 Å². The number of benzene rings is 1. The van der Waals surface area contributed by atoms with Crippen LogP contribution in [0.5, 0.6) is 5.75 Å². The topological polar surface area (TPSA) is 51.5 Å². The minimum Gasteiger partial charge on any atom is -0.491 e. The molecule has 0 fully saturated rings. The Labute approximate surface area is 135 Å². The average molecular weight is 322 g/mol. The molecule has 0 bridgehead atoms. The quantitative estimate of drug-likeness (QED) is 0.651. The minimum absolute atomic E-state index is 0.252. The van der Waals surface area contributed by atoms with Crippen molar-refractivity contribution in [3.8, 4) is 5.75 Å². The van der Waals surface area contributed by atoms with E-state index in [1.54, 1.807) is 12.1 Å². The van der Waals surface area contributed by atoms with Gasteiger partial charge in [0.1, 0.15) is 18.1 Å². The fraction of sp³-hybridized carbons (Fsp3) is 0.353. The molecular weight excluding hydrogens is 302 g/mol. The van der Waals surface area contributed by atoms with E-state index in [4.69, 9.17) is 20.8 Å². The molecule has 0 radical (unpaired) electrons. The van der Waals surface area contributed by atoms with Crippen LogP contribution in [0.25, 0.3) is 0 Å². The molecule has 0 aliphatic heterocycles. The third-order valence-electron chi connectivity index (χ3n) is 3.43. The highest BCUT2D eigenvalue weighted by Crippen LogP contribution is 2.23. The molecule has 0 aliphatic rings. The molecule has 1 aromatic heterocycles. The van der Waals surface area contributed by atoms with Gasteiger partial charge in [0, 0.05) is 0 Å². The number of carbonyl (C=O) groups excluding carboxylic acids is 1. The molecule has 0 spiro atoms.